The van der Waals surface area contributed by atoms with Crippen molar-refractivity contribution >= 4 is 5.91 Å². The average Bonchev–Trinajstić information content (AvgIpc) is 3.22. The van der Waals surface area contributed by atoms with Gasteiger partial charge in [-0.15, -0.1) is 0 Å². The van der Waals surface area contributed by atoms with Crippen LogP contribution in [0.25, 0.3) is 0 Å². The summed E-state index contributed by atoms with van der Waals surface area (Å²) in [5.41, 5.74) is 5.67. The minimum Gasteiger partial charge on any atom is -0.390 e. The topological polar surface area (TPSA) is 175 Å². The predicted molar refractivity (Wildman–Crippen MR) is 239 cm³/mol. The van der Waals surface area contributed by atoms with Gasteiger partial charge in [-0.3, -0.25) is 4.79 Å². The molecule has 1 heterocycles. The zero-order valence-electron chi connectivity index (χ0n) is 37.8. The van der Waals surface area contributed by atoms with Crippen LogP contribution in [0.2, 0.25) is 0 Å². The second kappa shape index (κ2) is 39.0. The van der Waals surface area contributed by atoms with Crippen LogP contribution in [0.15, 0.2) is 0 Å². The molecule has 10 nitrogen and oxygen atoms in total. The SMILES string of the molecule is CCCCCCCCCCCCCCCCCCCCCCCCCC(=O)N[C@@H](CO[C@H]1O[C@H](CN)[C@H](O)[C@H](O)[C@H]1O)[C@H](O)[C@H](O)CCCCCCCCCCCC. The number of unbranched alkanes of at least 4 members (excludes halogenated alkanes) is 31. The Morgan fingerprint density at radius 3 is 1.29 bits per heavy atom. The second-order valence-electron chi connectivity index (χ2n) is 17.8. The number of carbonyl (C=O) groups excluding carboxylic acids is 1. The van der Waals surface area contributed by atoms with Crippen LogP contribution in [0.5, 0.6) is 0 Å². The zero-order valence-corrected chi connectivity index (χ0v) is 37.8. The third-order valence-electron chi connectivity index (χ3n) is 12.4. The molecule has 0 aromatic heterocycles. The number of ether oxygens (including phenoxy) is 2. The van der Waals surface area contributed by atoms with Gasteiger partial charge in [-0.05, 0) is 12.8 Å². The Labute approximate surface area is 356 Å². The normalized spacial score (nSPS) is 21.3. The molecule has 1 saturated heterocycles. The molecular weight excluding hydrogens is 733 g/mol. The lowest BCUT2D eigenvalue weighted by Crippen LogP contribution is -2.61. The first-order valence-corrected chi connectivity index (χ1v) is 24.9. The number of amides is 1. The molecule has 0 aromatic carbocycles. The maximum atomic E-state index is 13.0. The molecule has 8 atom stereocenters. The summed E-state index contributed by atoms with van der Waals surface area (Å²) < 4.78 is 11.3. The number of aliphatic hydroxyl groups is 5. The van der Waals surface area contributed by atoms with Gasteiger partial charge < -0.3 is 46.1 Å². The van der Waals surface area contributed by atoms with E-state index >= 15 is 0 Å². The number of rotatable bonds is 42. The molecule has 1 aliphatic heterocycles. The minimum absolute atomic E-state index is 0.0925. The fourth-order valence-electron chi connectivity index (χ4n) is 8.30. The van der Waals surface area contributed by atoms with Crippen molar-refractivity contribution in [1.29, 1.82) is 0 Å². The van der Waals surface area contributed by atoms with Gasteiger partial charge >= 0.3 is 0 Å². The molecule has 10 heteroatoms. The summed E-state index contributed by atoms with van der Waals surface area (Å²) in [6.07, 6.45) is 33.5. The highest BCUT2D eigenvalue weighted by molar-refractivity contribution is 5.76. The van der Waals surface area contributed by atoms with Gasteiger partial charge in [0.15, 0.2) is 6.29 Å². The lowest BCUT2D eigenvalue weighted by atomic mass is 9.98. The highest BCUT2D eigenvalue weighted by Crippen LogP contribution is 2.23. The fraction of sp³-hybridized carbons (Fsp3) is 0.979. The van der Waals surface area contributed by atoms with Crippen LogP contribution >= 0.6 is 0 Å². The van der Waals surface area contributed by atoms with Crippen molar-refractivity contribution in [1.82, 2.24) is 5.32 Å². The third-order valence-corrected chi connectivity index (χ3v) is 12.4. The summed E-state index contributed by atoms with van der Waals surface area (Å²) in [4.78, 5) is 13.0. The maximum Gasteiger partial charge on any atom is 0.220 e. The van der Waals surface area contributed by atoms with E-state index in [1.807, 2.05) is 0 Å². The quantitative estimate of drug-likeness (QED) is 0.0296. The van der Waals surface area contributed by atoms with E-state index in [2.05, 4.69) is 19.2 Å². The van der Waals surface area contributed by atoms with Gasteiger partial charge in [-0.2, -0.15) is 0 Å². The minimum atomic E-state index is -1.54. The molecule has 58 heavy (non-hydrogen) atoms. The first kappa shape index (κ1) is 55.2. The third kappa shape index (κ3) is 28.6. The van der Waals surface area contributed by atoms with E-state index in [1.54, 1.807) is 0 Å². The average molecular weight is 829 g/mol. The van der Waals surface area contributed by atoms with Gasteiger partial charge in [0.25, 0.3) is 0 Å². The number of nitrogens with one attached hydrogen (secondary N) is 1. The van der Waals surface area contributed by atoms with E-state index in [0.717, 1.165) is 38.5 Å². The number of carbonyl (C=O) groups is 1. The Hall–Kier alpha value is -0.850. The number of hydrogen-bond acceptors (Lipinski definition) is 9. The van der Waals surface area contributed by atoms with Crippen LogP contribution in [0.1, 0.15) is 239 Å². The molecule has 0 unspecified atom stereocenters. The summed E-state index contributed by atoms with van der Waals surface area (Å²) in [7, 11) is 0. The highest BCUT2D eigenvalue weighted by Gasteiger charge is 2.44. The van der Waals surface area contributed by atoms with Crippen LogP contribution in [0, 0.1) is 0 Å². The van der Waals surface area contributed by atoms with E-state index < -0.39 is 49.0 Å². The van der Waals surface area contributed by atoms with Crippen LogP contribution in [-0.4, -0.2) is 93.5 Å². The van der Waals surface area contributed by atoms with E-state index in [-0.39, 0.29) is 19.1 Å². The van der Waals surface area contributed by atoms with Crippen LogP contribution in [0.3, 0.4) is 0 Å². The van der Waals surface area contributed by atoms with Crippen LogP contribution < -0.4 is 11.1 Å². The van der Waals surface area contributed by atoms with Crippen molar-refractivity contribution in [3.63, 3.8) is 0 Å². The first-order valence-electron chi connectivity index (χ1n) is 24.9. The highest BCUT2D eigenvalue weighted by atomic mass is 16.7. The second-order valence-corrected chi connectivity index (χ2v) is 17.8. The molecule has 8 N–H and O–H groups in total. The van der Waals surface area contributed by atoms with E-state index in [0.29, 0.717) is 12.8 Å². The Morgan fingerprint density at radius 2 is 0.914 bits per heavy atom. The molecule has 0 saturated carbocycles. The lowest BCUT2D eigenvalue weighted by molar-refractivity contribution is -0.296. The van der Waals surface area contributed by atoms with Crippen molar-refractivity contribution in [3.05, 3.63) is 0 Å². The molecule has 0 spiro atoms. The molecule has 0 bridgehead atoms. The van der Waals surface area contributed by atoms with Gasteiger partial charge in [0, 0.05) is 13.0 Å². The predicted octanol–water partition coefficient (Wildman–Crippen LogP) is 9.67. The Kier molecular flexibility index (Phi) is 37.1. The maximum absolute atomic E-state index is 13.0. The van der Waals surface area contributed by atoms with Gasteiger partial charge in [0.1, 0.15) is 30.5 Å². The Balaban J connectivity index is 2.26. The number of hydrogen-bond donors (Lipinski definition) is 7. The summed E-state index contributed by atoms with van der Waals surface area (Å²) in [6, 6.07) is -0.953. The van der Waals surface area contributed by atoms with Gasteiger partial charge in [-0.25, -0.2) is 0 Å². The van der Waals surface area contributed by atoms with Gasteiger partial charge in [0.05, 0.1) is 18.8 Å². The van der Waals surface area contributed by atoms with Crippen molar-refractivity contribution in [2.24, 2.45) is 5.73 Å². The zero-order chi connectivity index (χ0) is 42.5. The van der Waals surface area contributed by atoms with E-state index in [1.165, 1.54) is 173 Å². The largest absolute Gasteiger partial charge is 0.390 e. The molecule has 1 aliphatic rings. The monoisotopic (exact) mass is 829 g/mol. The first-order chi connectivity index (χ1) is 28.3. The van der Waals surface area contributed by atoms with Crippen molar-refractivity contribution < 1.29 is 39.8 Å². The van der Waals surface area contributed by atoms with Gasteiger partial charge in [-0.1, -0.05) is 219 Å². The van der Waals surface area contributed by atoms with E-state index in [9.17, 15) is 30.3 Å². The summed E-state index contributed by atoms with van der Waals surface area (Å²) in [6.45, 7) is 4.16. The molecule has 1 fully saturated rings. The molecular formula is C48H96N2O8. The van der Waals surface area contributed by atoms with Crippen LogP contribution in [0.4, 0.5) is 0 Å². The van der Waals surface area contributed by atoms with Crippen LogP contribution in [-0.2, 0) is 14.3 Å². The summed E-state index contributed by atoms with van der Waals surface area (Å²) >= 11 is 0. The fourth-order valence-corrected chi connectivity index (χ4v) is 8.30. The van der Waals surface area contributed by atoms with E-state index in [4.69, 9.17) is 15.2 Å². The Morgan fingerprint density at radius 1 is 0.552 bits per heavy atom. The van der Waals surface area contributed by atoms with Crippen molar-refractivity contribution in [2.45, 2.75) is 288 Å². The molecule has 0 aliphatic carbocycles. The Bertz CT molecular complexity index is 898. The standard InChI is InChI=1S/C48H96N2O8/c1-3-5-7-9-11-13-15-16-17-18-19-20-21-22-23-24-25-26-27-29-31-33-35-37-43(52)50-40(39-57-48-47(56)46(55)45(54)42(38-49)58-48)44(53)41(51)36-34-32-30-28-14-12-10-8-6-4-2/h40-42,44-48,51,53-56H,3-39,49H2,1-2H3,(H,50,52)/t40-,41+,42+,44-,45-,46-,47+,48-/m0/s1. The van der Waals surface area contributed by atoms with Crippen molar-refractivity contribution in [3.8, 4) is 0 Å². The summed E-state index contributed by atoms with van der Waals surface area (Å²) in [5, 5.41) is 55.8. The lowest BCUT2D eigenvalue weighted by Gasteiger charge is -2.40. The summed E-state index contributed by atoms with van der Waals surface area (Å²) in [5.74, 6) is -0.234. The van der Waals surface area contributed by atoms with Gasteiger partial charge in [0.2, 0.25) is 5.91 Å². The molecule has 1 rings (SSSR count). The number of nitrogens with two attached hydrogens (primary N) is 1. The molecule has 346 valence electrons. The number of aliphatic hydroxyl groups excluding tert-OH is 5. The smallest absolute Gasteiger partial charge is 0.220 e. The molecule has 0 radical (unpaired) electrons. The van der Waals surface area contributed by atoms with Crippen molar-refractivity contribution in [2.75, 3.05) is 13.2 Å². The molecule has 0 aromatic rings. The molecule has 1 amide bonds.